The molecule has 0 aliphatic rings. The van der Waals surface area contributed by atoms with Crippen LogP contribution in [-0.2, 0) is 4.79 Å². The van der Waals surface area contributed by atoms with E-state index >= 15 is 0 Å². The van der Waals surface area contributed by atoms with Crippen LogP contribution in [0.4, 0.5) is 5.69 Å². The molecule has 2 N–H and O–H groups in total. The molecular formula is C15H12N2O3. The molecule has 0 aliphatic carbocycles. The van der Waals surface area contributed by atoms with Crippen molar-refractivity contribution in [3.8, 4) is 17.6 Å². The molecule has 0 saturated carbocycles. The summed E-state index contributed by atoms with van der Waals surface area (Å²) in [6, 6.07) is 14.9. The zero-order valence-corrected chi connectivity index (χ0v) is 10.5. The summed E-state index contributed by atoms with van der Waals surface area (Å²) in [4.78, 5) is 11.7. The molecule has 2 rings (SSSR count). The predicted octanol–water partition coefficient (Wildman–Crippen LogP) is 2.28. The van der Waals surface area contributed by atoms with Gasteiger partial charge in [0.15, 0.2) is 6.61 Å². The van der Waals surface area contributed by atoms with Crippen LogP contribution in [0.25, 0.3) is 0 Å². The molecule has 0 bridgehead atoms. The monoisotopic (exact) mass is 268 g/mol. The zero-order valence-electron chi connectivity index (χ0n) is 10.5. The van der Waals surface area contributed by atoms with Gasteiger partial charge >= 0.3 is 0 Å². The second kappa shape index (κ2) is 6.25. The Hall–Kier alpha value is -3.00. The third kappa shape index (κ3) is 3.50. The number of nitrogens with one attached hydrogen (secondary N) is 1. The van der Waals surface area contributed by atoms with Crippen LogP contribution in [0.2, 0.25) is 0 Å². The highest BCUT2D eigenvalue weighted by atomic mass is 16.5. The van der Waals surface area contributed by atoms with Crippen molar-refractivity contribution in [2.45, 2.75) is 0 Å². The first-order valence-corrected chi connectivity index (χ1v) is 5.90. The van der Waals surface area contributed by atoms with Gasteiger partial charge in [-0.05, 0) is 36.4 Å². The van der Waals surface area contributed by atoms with E-state index in [0.29, 0.717) is 17.0 Å². The van der Waals surface area contributed by atoms with Gasteiger partial charge in [-0.15, -0.1) is 0 Å². The number of benzene rings is 2. The maximum Gasteiger partial charge on any atom is 0.262 e. The molecule has 1 amide bonds. The van der Waals surface area contributed by atoms with Gasteiger partial charge in [0, 0.05) is 0 Å². The molecule has 2 aromatic carbocycles. The molecule has 0 heterocycles. The summed E-state index contributed by atoms with van der Waals surface area (Å²) >= 11 is 0. The van der Waals surface area contributed by atoms with Crippen molar-refractivity contribution in [3.63, 3.8) is 0 Å². The van der Waals surface area contributed by atoms with Crippen LogP contribution in [0.3, 0.4) is 0 Å². The lowest BCUT2D eigenvalue weighted by molar-refractivity contribution is -0.118. The largest absolute Gasteiger partial charge is 0.506 e. The molecule has 0 aliphatic heterocycles. The van der Waals surface area contributed by atoms with Crippen LogP contribution in [0.15, 0.2) is 48.5 Å². The number of nitrogens with zero attached hydrogens (tertiary/aromatic N) is 1. The summed E-state index contributed by atoms with van der Waals surface area (Å²) < 4.78 is 5.28. The Bertz CT molecular complexity index is 645. The maximum absolute atomic E-state index is 11.7. The number of hydrogen-bond donors (Lipinski definition) is 2. The molecule has 0 saturated heterocycles. The molecule has 0 fully saturated rings. The molecule has 5 heteroatoms. The maximum atomic E-state index is 11.7. The highest BCUT2D eigenvalue weighted by Gasteiger charge is 2.06. The lowest BCUT2D eigenvalue weighted by Crippen LogP contribution is -2.20. The Labute approximate surface area is 116 Å². The molecule has 0 spiro atoms. The minimum atomic E-state index is -0.379. The number of carbonyl (C=O) groups excluding carboxylic acids is 1. The average molecular weight is 268 g/mol. The van der Waals surface area contributed by atoms with E-state index in [9.17, 15) is 9.90 Å². The predicted molar refractivity (Wildman–Crippen MR) is 73.4 cm³/mol. The Morgan fingerprint density at radius 3 is 2.55 bits per heavy atom. The van der Waals surface area contributed by atoms with Crippen molar-refractivity contribution >= 4 is 11.6 Å². The average Bonchev–Trinajstić information content (AvgIpc) is 2.48. The number of ether oxygens (including phenoxy) is 1. The summed E-state index contributed by atoms with van der Waals surface area (Å²) in [6.07, 6.45) is 0. The number of carbonyl (C=O) groups is 1. The number of amides is 1. The van der Waals surface area contributed by atoms with E-state index in [1.807, 2.05) is 6.07 Å². The molecule has 20 heavy (non-hydrogen) atoms. The van der Waals surface area contributed by atoms with E-state index in [1.165, 1.54) is 6.07 Å². The fourth-order valence-corrected chi connectivity index (χ4v) is 1.54. The Morgan fingerprint density at radius 2 is 1.90 bits per heavy atom. The van der Waals surface area contributed by atoms with Crippen molar-refractivity contribution in [2.24, 2.45) is 0 Å². The lowest BCUT2D eigenvalue weighted by Gasteiger charge is -2.08. The third-order valence-corrected chi connectivity index (χ3v) is 2.53. The fraction of sp³-hybridized carbons (Fsp3) is 0.0667. The molecule has 0 unspecified atom stereocenters. The van der Waals surface area contributed by atoms with Gasteiger partial charge in [-0.3, -0.25) is 4.79 Å². The molecule has 5 nitrogen and oxygen atoms in total. The van der Waals surface area contributed by atoms with Gasteiger partial charge in [-0.1, -0.05) is 12.1 Å². The quantitative estimate of drug-likeness (QED) is 0.833. The van der Waals surface area contributed by atoms with Gasteiger partial charge in [-0.25, -0.2) is 0 Å². The van der Waals surface area contributed by atoms with Crippen LogP contribution in [-0.4, -0.2) is 17.6 Å². The van der Waals surface area contributed by atoms with Crippen molar-refractivity contribution < 1.29 is 14.6 Å². The first-order chi connectivity index (χ1) is 9.69. The van der Waals surface area contributed by atoms with Crippen LogP contribution in [0, 0.1) is 11.3 Å². The molecule has 0 aromatic heterocycles. The minimum Gasteiger partial charge on any atom is -0.506 e. The van der Waals surface area contributed by atoms with Gasteiger partial charge in [-0.2, -0.15) is 5.26 Å². The van der Waals surface area contributed by atoms with Gasteiger partial charge in [0.2, 0.25) is 0 Å². The Balaban J connectivity index is 1.89. The van der Waals surface area contributed by atoms with Crippen molar-refractivity contribution in [3.05, 3.63) is 54.1 Å². The molecular weight excluding hydrogens is 256 g/mol. The van der Waals surface area contributed by atoms with Gasteiger partial charge in [0.1, 0.15) is 11.5 Å². The fourth-order valence-electron chi connectivity index (χ4n) is 1.54. The second-order valence-electron chi connectivity index (χ2n) is 3.99. The number of rotatable bonds is 4. The van der Waals surface area contributed by atoms with E-state index in [-0.39, 0.29) is 18.3 Å². The van der Waals surface area contributed by atoms with Gasteiger partial charge < -0.3 is 15.2 Å². The first-order valence-electron chi connectivity index (χ1n) is 5.90. The standard InChI is InChI=1S/C15H12N2O3/c16-9-11-5-7-12(8-6-11)20-10-15(19)17-13-3-1-2-4-14(13)18/h1-8,18H,10H2,(H,17,19). The smallest absolute Gasteiger partial charge is 0.262 e. The molecule has 0 radical (unpaired) electrons. The Kier molecular flexibility index (Phi) is 4.20. The summed E-state index contributed by atoms with van der Waals surface area (Å²) in [6.45, 7) is -0.180. The Morgan fingerprint density at radius 1 is 1.20 bits per heavy atom. The number of hydrogen-bond acceptors (Lipinski definition) is 4. The third-order valence-electron chi connectivity index (χ3n) is 2.53. The summed E-state index contributed by atoms with van der Waals surface area (Å²) in [7, 11) is 0. The second-order valence-corrected chi connectivity index (χ2v) is 3.99. The van der Waals surface area contributed by atoms with Crippen LogP contribution < -0.4 is 10.1 Å². The summed E-state index contributed by atoms with van der Waals surface area (Å²) in [5, 5.41) is 20.7. The summed E-state index contributed by atoms with van der Waals surface area (Å²) in [5.41, 5.74) is 0.858. The number of nitriles is 1. The van der Waals surface area contributed by atoms with E-state index < -0.39 is 0 Å². The van der Waals surface area contributed by atoms with Crippen molar-refractivity contribution in [2.75, 3.05) is 11.9 Å². The van der Waals surface area contributed by atoms with E-state index in [2.05, 4.69) is 5.32 Å². The number of anilines is 1. The molecule has 100 valence electrons. The highest BCUT2D eigenvalue weighted by Crippen LogP contribution is 2.21. The topological polar surface area (TPSA) is 82.3 Å². The van der Waals surface area contributed by atoms with E-state index in [4.69, 9.17) is 10.00 Å². The molecule has 2 aromatic rings. The van der Waals surface area contributed by atoms with Crippen LogP contribution in [0.1, 0.15) is 5.56 Å². The normalized spacial score (nSPS) is 9.55. The van der Waals surface area contributed by atoms with E-state index in [1.54, 1.807) is 42.5 Å². The summed E-state index contributed by atoms with van der Waals surface area (Å²) in [5.74, 6) is 0.117. The highest BCUT2D eigenvalue weighted by molar-refractivity contribution is 5.93. The van der Waals surface area contributed by atoms with E-state index in [0.717, 1.165) is 0 Å². The van der Waals surface area contributed by atoms with Crippen molar-refractivity contribution in [1.82, 2.24) is 0 Å². The first kappa shape index (κ1) is 13.4. The zero-order chi connectivity index (χ0) is 14.4. The van der Waals surface area contributed by atoms with Gasteiger partial charge in [0.05, 0.1) is 17.3 Å². The number of aromatic hydroxyl groups is 1. The van der Waals surface area contributed by atoms with Crippen molar-refractivity contribution in [1.29, 1.82) is 5.26 Å². The van der Waals surface area contributed by atoms with Crippen LogP contribution >= 0.6 is 0 Å². The number of phenols is 1. The number of para-hydroxylation sites is 2. The lowest BCUT2D eigenvalue weighted by atomic mass is 10.2. The minimum absolute atomic E-state index is 0.000719. The van der Waals surface area contributed by atoms with Crippen LogP contribution in [0.5, 0.6) is 11.5 Å². The SMILES string of the molecule is N#Cc1ccc(OCC(=O)Nc2ccccc2O)cc1. The number of phenolic OH excluding ortho intramolecular Hbond substituents is 1. The molecule has 0 atom stereocenters. The van der Waals surface area contributed by atoms with Gasteiger partial charge in [0.25, 0.3) is 5.91 Å².